The van der Waals surface area contributed by atoms with Crippen LogP contribution in [-0.4, -0.2) is 46.1 Å². The molecule has 1 heterocycles. The predicted molar refractivity (Wildman–Crippen MR) is 132 cm³/mol. The minimum Gasteiger partial charge on any atom is -0.457 e. The average molecular weight is 515 g/mol. The van der Waals surface area contributed by atoms with E-state index >= 15 is 0 Å². The summed E-state index contributed by atoms with van der Waals surface area (Å²) in [5.41, 5.74) is 1.13. The number of anilines is 1. The summed E-state index contributed by atoms with van der Waals surface area (Å²) >= 11 is 0. The van der Waals surface area contributed by atoms with E-state index < -0.39 is 16.1 Å². The second-order valence-corrected chi connectivity index (χ2v) is 9.63. The van der Waals surface area contributed by atoms with Gasteiger partial charge in [0, 0.05) is 18.7 Å². The number of furan rings is 1. The van der Waals surface area contributed by atoms with Gasteiger partial charge in [0.05, 0.1) is 30.5 Å². The number of hydrogen-bond donors (Lipinski definition) is 2. The fraction of sp³-hybridized carbons (Fsp3) is 0.160. The van der Waals surface area contributed by atoms with Crippen molar-refractivity contribution in [1.82, 2.24) is 5.32 Å². The Balaban J connectivity index is 1.73. The Morgan fingerprint density at radius 3 is 2.28 bits per heavy atom. The molecule has 36 heavy (non-hydrogen) atoms. The molecule has 0 fully saturated rings. The SMILES string of the molecule is CNC(=O)Oc1c(-c2ccc(Oc3ccc(F)cc3)cc2)oc2cc(N(CCO)S(C)(=O)=O)ccc12. The average Bonchev–Trinajstić information content (AvgIpc) is 3.21. The van der Waals surface area contributed by atoms with E-state index in [9.17, 15) is 22.7 Å². The van der Waals surface area contributed by atoms with E-state index in [0.29, 0.717) is 22.4 Å². The summed E-state index contributed by atoms with van der Waals surface area (Å²) < 4.78 is 55.8. The number of rotatable bonds is 8. The third-order valence-corrected chi connectivity index (χ3v) is 6.38. The normalized spacial score (nSPS) is 11.3. The first-order valence-corrected chi connectivity index (χ1v) is 12.6. The lowest BCUT2D eigenvalue weighted by molar-refractivity contribution is 0.203. The molecule has 0 atom stereocenters. The van der Waals surface area contributed by atoms with Crippen LogP contribution in [0.25, 0.3) is 22.3 Å². The van der Waals surface area contributed by atoms with Crippen LogP contribution in [0.5, 0.6) is 17.2 Å². The lowest BCUT2D eigenvalue weighted by Crippen LogP contribution is -2.32. The molecule has 0 unspecified atom stereocenters. The van der Waals surface area contributed by atoms with Gasteiger partial charge in [0.25, 0.3) is 0 Å². The number of sulfonamides is 1. The van der Waals surface area contributed by atoms with Crippen LogP contribution in [-0.2, 0) is 10.0 Å². The van der Waals surface area contributed by atoms with E-state index in [1.165, 1.54) is 43.4 Å². The molecule has 188 valence electrons. The Hall–Kier alpha value is -4.09. The van der Waals surface area contributed by atoms with Crippen LogP contribution in [0.2, 0.25) is 0 Å². The monoisotopic (exact) mass is 514 g/mol. The molecule has 3 aromatic carbocycles. The highest BCUT2D eigenvalue weighted by molar-refractivity contribution is 7.92. The number of nitrogens with one attached hydrogen (secondary N) is 1. The van der Waals surface area contributed by atoms with E-state index in [0.717, 1.165) is 10.6 Å². The smallest absolute Gasteiger partial charge is 0.412 e. The Labute approximate surface area is 206 Å². The molecule has 4 aromatic rings. The molecule has 9 nitrogen and oxygen atoms in total. The molecule has 0 bridgehead atoms. The zero-order valence-electron chi connectivity index (χ0n) is 19.4. The van der Waals surface area contributed by atoms with Gasteiger partial charge in [-0.15, -0.1) is 0 Å². The number of carbonyl (C=O) groups excluding carboxylic acids is 1. The van der Waals surface area contributed by atoms with E-state index in [1.807, 2.05) is 0 Å². The first-order chi connectivity index (χ1) is 17.2. The summed E-state index contributed by atoms with van der Waals surface area (Å²) in [4.78, 5) is 12.0. The number of nitrogens with zero attached hydrogens (tertiary/aromatic N) is 1. The summed E-state index contributed by atoms with van der Waals surface area (Å²) in [6.07, 6.45) is 0.327. The van der Waals surface area contributed by atoms with Gasteiger partial charge in [-0.3, -0.25) is 4.31 Å². The maximum absolute atomic E-state index is 13.1. The quantitative estimate of drug-likeness (QED) is 0.355. The summed E-state index contributed by atoms with van der Waals surface area (Å²) in [5.74, 6) is 0.974. The molecule has 11 heteroatoms. The zero-order valence-corrected chi connectivity index (χ0v) is 20.2. The Kier molecular flexibility index (Phi) is 7.13. The topological polar surface area (TPSA) is 118 Å². The molecular weight excluding hydrogens is 491 g/mol. The van der Waals surface area contributed by atoms with Crippen molar-refractivity contribution in [3.63, 3.8) is 0 Å². The second kappa shape index (κ2) is 10.3. The maximum Gasteiger partial charge on any atom is 0.412 e. The molecule has 0 aliphatic heterocycles. The molecular formula is C25H23FN2O7S. The fourth-order valence-corrected chi connectivity index (χ4v) is 4.45. The van der Waals surface area contributed by atoms with Crippen LogP contribution in [0.3, 0.4) is 0 Å². The van der Waals surface area contributed by atoms with Gasteiger partial charge in [-0.2, -0.15) is 0 Å². The molecule has 0 saturated heterocycles. The molecule has 4 rings (SSSR count). The highest BCUT2D eigenvalue weighted by atomic mass is 32.2. The van der Waals surface area contributed by atoms with Gasteiger partial charge < -0.3 is 24.3 Å². The summed E-state index contributed by atoms with van der Waals surface area (Å²) in [6, 6.07) is 17.0. The van der Waals surface area contributed by atoms with Gasteiger partial charge in [0.15, 0.2) is 11.5 Å². The number of aliphatic hydroxyl groups is 1. The first-order valence-electron chi connectivity index (χ1n) is 10.8. The van der Waals surface area contributed by atoms with Crippen molar-refractivity contribution in [2.45, 2.75) is 0 Å². The van der Waals surface area contributed by atoms with Crippen molar-refractivity contribution in [2.75, 3.05) is 30.8 Å². The lowest BCUT2D eigenvalue weighted by Gasteiger charge is -2.21. The lowest BCUT2D eigenvalue weighted by atomic mass is 10.1. The van der Waals surface area contributed by atoms with Crippen molar-refractivity contribution in [1.29, 1.82) is 0 Å². The molecule has 0 spiro atoms. The standard InChI is InChI=1S/C25H23FN2O7S/c1-27-25(30)35-24-21-12-7-18(28(13-14-29)36(2,31)32)15-22(21)34-23(24)16-3-8-19(9-4-16)33-20-10-5-17(26)6-11-20/h3-12,15,29H,13-14H2,1-2H3,(H,27,30). The number of amides is 1. The second-order valence-electron chi connectivity index (χ2n) is 7.72. The van der Waals surface area contributed by atoms with Gasteiger partial charge in [-0.25, -0.2) is 17.6 Å². The molecule has 1 amide bonds. The van der Waals surface area contributed by atoms with Gasteiger partial charge >= 0.3 is 6.09 Å². The van der Waals surface area contributed by atoms with Crippen molar-refractivity contribution in [3.05, 3.63) is 72.5 Å². The van der Waals surface area contributed by atoms with Crippen LogP contribution < -0.4 is 19.1 Å². The zero-order chi connectivity index (χ0) is 25.9. The number of benzene rings is 3. The molecule has 0 radical (unpaired) electrons. The fourth-order valence-electron chi connectivity index (χ4n) is 3.54. The number of halogens is 1. The molecule has 1 aromatic heterocycles. The van der Waals surface area contributed by atoms with Crippen molar-refractivity contribution in [3.8, 4) is 28.6 Å². The number of carbonyl (C=O) groups is 1. The molecule has 0 aliphatic rings. The predicted octanol–water partition coefficient (Wildman–Crippen LogP) is 4.51. The van der Waals surface area contributed by atoms with Crippen molar-refractivity contribution < 1.29 is 36.6 Å². The molecule has 0 saturated carbocycles. The minimum absolute atomic E-state index is 0.130. The Morgan fingerprint density at radius 1 is 1.06 bits per heavy atom. The minimum atomic E-state index is -3.66. The number of aliphatic hydroxyl groups excluding tert-OH is 1. The van der Waals surface area contributed by atoms with Gasteiger partial charge in [0.2, 0.25) is 10.0 Å². The van der Waals surface area contributed by atoms with Crippen LogP contribution in [0, 0.1) is 5.82 Å². The van der Waals surface area contributed by atoms with Crippen molar-refractivity contribution in [2.24, 2.45) is 0 Å². The van der Waals surface area contributed by atoms with Gasteiger partial charge in [-0.05, 0) is 60.7 Å². The maximum atomic E-state index is 13.1. The number of fused-ring (bicyclic) bond motifs is 1. The summed E-state index contributed by atoms with van der Waals surface area (Å²) in [5, 5.41) is 12.1. The summed E-state index contributed by atoms with van der Waals surface area (Å²) in [6.45, 7) is -0.499. The molecule has 2 N–H and O–H groups in total. The highest BCUT2D eigenvalue weighted by Gasteiger charge is 2.23. The van der Waals surface area contributed by atoms with E-state index in [-0.39, 0.29) is 41.7 Å². The largest absolute Gasteiger partial charge is 0.457 e. The summed E-state index contributed by atoms with van der Waals surface area (Å²) in [7, 11) is -2.24. The Bertz CT molecular complexity index is 1480. The van der Waals surface area contributed by atoms with Gasteiger partial charge in [-0.1, -0.05) is 0 Å². The molecule has 0 aliphatic carbocycles. The van der Waals surface area contributed by atoms with E-state index in [4.69, 9.17) is 13.9 Å². The van der Waals surface area contributed by atoms with Crippen LogP contribution in [0.4, 0.5) is 14.9 Å². The highest BCUT2D eigenvalue weighted by Crippen LogP contribution is 2.42. The van der Waals surface area contributed by atoms with Crippen LogP contribution in [0.1, 0.15) is 0 Å². The van der Waals surface area contributed by atoms with E-state index in [1.54, 1.807) is 30.3 Å². The number of ether oxygens (including phenoxy) is 2. The third kappa shape index (κ3) is 5.42. The van der Waals surface area contributed by atoms with Crippen LogP contribution in [0.15, 0.2) is 71.1 Å². The first kappa shape index (κ1) is 25.0. The van der Waals surface area contributed by atoms with Crippen molar-refractivity contribution >= 4 is 32.8 Å². The van der Waals surface area contributed by atoms with E-state index in [2.05, 4.69) is 5.32 Å². The van der Waals surface area contributed by atoms with Gasteiger partial charge in [0.1, 0.15) is 22.9 Å². The Morgan fingerprint density at radius 2 is 1.69 bits per heavy atom. The number of hydrogen-bond acceptors (Lipinski definition) is 7. The third-order valence-electron chi connectivity index (χ3n) is 5.18. The van der Waals surface area contributed by atoms with Crippen LogP contribution >= 0.6 is 0 Å².